The summed E-state index contributed by atoms with van der Waals surface area (Å²) in [4.78, 5) is 17.8. The highest BCUT2D eigenvalue weighted by atomic mass is 32.2. The van der Waals surface area contributed by atoms with Crippen LogP contribution in [0.3, 0.4) is 0 Å². The summed E-state index contributed by atoms with van der Waals surface area (Å²) in [5.41, 5.74) is 12.4. The zero-order valence-corrected chi connectivity index (χ0v) is 85.7. The van der Waals surface area contributed by atoms with Crippen LogP contribution >= 0.6 is 105 Å². The highest BCUT2D eigenvalue weighted by Gasteiger charge is 2.18. The molecule has 9 aromatic carbocycles. The molecule has 0 saturated heterocycles. The second-order valence-electron chi connectivity index (χ2n) is 27.3. The molecule has 0 amide bonds. The van der Waals surface area contributed by atoms with Crippen molar-refractivity contribution in [3.05, 3.63) is 349 Å². The number of hydrogen-bond acceptors (Lipinski definition) is 21. The quantitative estimate of drug-likeness (QED) is 0.0332. The number of hydrogen-bond donors (Lipinski definition) is 1. The number of aliphatic imine (C=N–C) groups is 1. The van der Waals surface area contributed by atoms with Crippen LogP contribution in [0.1, 0.15) is 215 Å². The first-order chi connectivity index (χ1) is 62.2. The fourth-order valence-corrected chi connectivity index (χ4v) is 18.0. The molecule has 23 heteroatoms. The molecule has 13 nitrogen and oxygen atoms in total. The molecule has 3 aromatic heterocycles. The third kappa shape index (κ3) is 50.3. The van der Waals surface area contributed by atoms with Crippen LogP contribution in [-0.4, -0.2) is 100 Å². The van der Waals surface area contributed by atoms with Gasteiger partial charge in [0.25, 0.3) is 10.0 Å². The maximum Gasteiger partial charge on any atom is 0.263 e. The SMILES string of the molecule is C=Cc1ccccc1.C=Cc1ccccc1.C=Cc1ccccc1.C=Cc1ccccc1.C=Cc1ccccc1.CCC(C)c1ccccc1.CCC(C)c1ccccc1.CCSC1=NN=C(SCC)C1.CCSc1nc(SCC)nc(SCC)n1.CCSc1nnc(N=Cc2ccc(C(C)CC)cc2)s1.CCSc1nnc(NS(=O)(=O)c2ccc(C(C)CC)cc2)s1. The molecule has 0 spiro atoms. The predicted octanol–water partition coefficient (Wildman–Crippen LogP) is 32.7. The summed E-state index contributed by atoms with van der Waals surface area (Å²) in [6.45, 7) is 50.5. The van der Waals surface area contributed by atoms with Gasteiger partial charge in [0, 0.05) is 12.6 Å². The van der Waals surface area contributed by atoms with Crippen LogP contribution in [0, 0.1) is 0 Å². The lowest BCUT2D eigenvalue weighted by atomic mass is 9.98. The molecule has 4 unspecified atom stereocenters. The first-order valence-electron chi connectivity index (χ1n) is 43.4. The van der Waals surface area contributed by atoms with Crippen LogP contribution in [0.4, 0.5) is 10.3 Å². The number of benzene rings is 9. The van der Waals surface area contributed by atoms with Gasteiger partial charge in [0.15, 0.2) is 24.1 Å². The van der Waals surface area contributed by atoms with E-state index in [4.69, 9.17) is 0 Å². The minimum Gasteiger partial charge on any atom is -0.253 e. The van der Waals surface area contributed by atoms with E-state index in [-0.39, 0.29) is 4.90 Å². The average Bonchev–Trinajstić information content (AvgIpc) is 1.43. The number of rotatable bonds is 30. The van der Waals surface area contributed by atoms with Crippen LogP contribution in [0.25, 0.3) is 30.4 Å². The van der Waals surface area contributed by atoms with Crippen molar-refractivity contribution in [1.29, 1.82) is 0 Å². The van der Waals surface area contributed by atoms with Crippen molar-refractivity contribution in [3.8, 4) is 0 Å². The van der Waals surface area contributed by atoms with Crippen molar-refractivity contribution >= 4 is 172 Å². The number of anilines is 1. The van der Waals surface area contributed by atoms with Gasteiger partial charge in [-0.3, -0.25) is 4.72 Å². The largest absolute Gasteiger partial charge is 0.263 e. The summed E-state index contributed by atoms with van der Waals surface area (Å²) >= 11 is 14.6. The lowest BCUT2D eigenvalue weighted by Crippen LogP contribution is -2.12. The summed E-state index contributed by atoms with van der Waals surface area (Å²) < 4.78 is 28.9. The fourth-order valence-electron chi connectivity index (χ4n) is 10.2. The van der Waals surface area contributed by atoms with Crippen molar-refractivity contribution in [3.63, 3.8) is 0 Å². The molecule has 4 atom stereocenters. The van der Waals surface area contributed by atoms with E-state index in [1.165, 1.54) is 102 Å². The summed E-state index contributed by atoms with van der Waals surface area (Å²) in [5, 5.41) is 30.0. The van der Waals surface area contributed by atoms with Gasteiger partial charge in [0.05, 0.1) is 4.90 Å². The van der Waals surface area contributed by atoms with Crippen LogP contribution in [-0.2, 0) is 10.0 Å². The molecule has 680 valence electrons. The van der Waals surface area contributed by atoms with Crippen LogP contribution in [0.5, 0.6) is 0 Å². The van der Waals surface area contributed by atoms with Crippen molar-refractivity contribution in [2.75, 3.05) is 45.0 Å². The standard InChI is InChI=1S/C15H19N3S2.C14H19N3O2S3.2C10H14.C9H15N3S3.5C8H8.C7H12N2S2/c1-4-11(3)13-8-6-12(7-9-13)10-16-14-17-18-15(20-14)19-5-2;1-4-10(3)11-6-8-12(9-7-11)22(18,19)17-13-15-16-14(21-13)20-5-2;2*1-3-9(2)10-7-5-4-6-8-10;1-4-13-7-10-8(14-5-2)12-9(11-7)15-6-3;5*1-2-8-6-4-3-5-7-8;1-3-10-6-5-7(9-8-6)11-4-2/h6-11H,4-5H2,1-3H3;6-10H,4-5H2,1-3H3,(H,15,17);2*4-9H,3H2,1-2H3;4-6H2,1-3H3;5*2-7H,1H2;3-5H2,1-2H3. The topological polar surface area (TPSA) is 173 Å². The minimum atomic E-state index is -3.62. The van der Waals surface area contributed by atoms with Crippen molar-refractivity contribution in [2.24, 2.45) is 15.2 Å². The molecular weight excluding hydrogens is 1770 g/mol. The molecule has 0 saturated carbocycles. The Balaban J connectivity index is 0.000000371. The van der Waals surface area contributed by atoms with Gasteiger partial charge >= 0.3 is 0 Å². The molecule has 0 aliphatic carbocycles. The minimum absolute atomic E-state index is 0.236. The van der Waals surface area contributed by atoms with E-state index in [2.05, 4.69) is 270 Å². The molecule has 1 N–H and O–H groups in total. The lowest BCUT2D eigenvalue weighted by Gasteiger charge is -2.10. The smallest absolute Gasteiger partial charge is 0.253 e. The van der Waals surface area contributed by atoms with Gasteiger partial charge in [0.1, 0.15) is 10.1 Å². The summed E-state index contributed by atoms with van der Waals surface area (Å²) in [5.74, 6) is 9.51. The third-order valence-electron chi connectivity index (χ3n) is 18.1. The van der Waals surface area contributed by atoms with E-state index in [9.17, 15) is 8.42 Å². The molecule has 1 aliphatic heterocycles. The van der Waals surface area contributed by atoms with Crippen molar-refractivity contribution in [1.82, 2.24) is 35.3 Å². The van der Waals surface area contributed by atoms with E-state index in [0.717, 1.165) is 94.8 Å². The Morgan fingerprint density at radius 3 is 0.891 bits per heavy atom. The number of thioether (sulfide) groups is 7. The molecule has 0 bridgehead atoms. The van der Waals surface area contributed by atoms with Crippen molar-refractivity contribution < 1.29 is 8.42 Å². The first kappa shape index (κ1) is 113. The number of nitrogens with one attached hydrogen (secondary N) is 1. The van der Waals surface area contributed by atoms with Crippen LogP contribution in [0.15, 0.2) is 338 Å². The van der Waals surface area contributed by atoms with E-state index < -0.39 is 10.0 Å². The van der Waals surface area contributed by atoms with Gasteiger partial charge in [-0.1, -0.05) is 497 Å². The van der Waals surface area contributed by atoms with Gasteiger partial charge in [-0.25, -0.2) is 13.4 Å². The summed E-state index contributed by atoms with van der Waals surface area (Å²) in [6, 6.07) is 87.0. The van der Waals surface area contributed by atoms with Gasteiger partial charge in [-0.2, -0.15) is 15.0 Å². The summed E-state index contributed by atoms with van der Waals surface area (Å²) in [7, 11) is -3.62. The molecule has 12 aromatic rings. The molecule has 13 rings (SSSR count). The fraction of sp³-hybridized carbons (Fsp3) is 0.295. The Labute approximate surface area is 806 Å². The third-order valence-corrected chi connectivity index (χ3v) is 27.2. The van der Waals surface area contributed by atoms with Gasteiger partial charge in [-0.15, -0.1) is 54.1 Å². The second kappa shape index (κ2) is 71.8. The summed E-state index contributed by atoms with van der Waals surface area (Å²) in [6.07, 6.45) is 16.6. The molecule has 0 radical (unpaired) electrons. The molecule has 4 heterocycles. The maximum atomic E-state index is 12.3. The number of nitrogens with zero attached hydrogens (tertiary/aromatic N) is 10. The van der Waals surface area contributed by atoms with Gasteiger partial charge in [-0.05, 0) is 157 Å². The van der Waals surface area contributed by atoms with Gasteiger partial charge < -0.3 is 0 Å². The zero-order valence-electron chi connectivity index (χ0n) is 77.5. The van der Waals surface area contributed by atoms with Crippen LogP contribution in [0.2, 0.25) is 0 Å². The Morgan fingerprint density at radius 2 is 0.609 bits per heavy atom. The highest BCUT2D eigenvalue weighted by molar-refractivity contribution is 8.16. The van der Waals surface area contributed by atoms with E-state index in [1.54, 1.807) is 82.7 Å². The van der Waals surface area contributed by atoms with E-state index in [0.29, 0.717) is 33.9 Å². The van der Waals surface area contributed by atoms with Crippen molar-refractivity contribution in [2.45, 2.75) is 189 Å². The monoisotopic (exact) mass is 1900 g/mol. The normalized spacial score (nSPS) is 11.6. The van der Waals surface area contributed by atoms with Crippen LogP contribution < -0.4 is 4.72 Å². The number of aromatic nitrogens is 7. The van der Waals surface area contributed by atoms with E-state index in [1.807, 2.05) is 207 Å². The number of sulfonamides is 1. The molecule has 0 fully saturated rings. The Hall–Kier alpha value is -8.98. The van der Waals surface area contributed by atoms with E-state index >= 15 is 0 Å². The average molecular weight is 1900 g/mol. The first-order valence-corrected chi connectivity index (χ1v) is 53.4. The molecule has 128 heavy (non-hydrogen) atoms. The maximum absolute atomic E-state index is 12.3. The Morgan fingerprint density at radius 1 is 0.336 bits per heavy atom. The second-order valence-corrected chi connectivity index (χ2v) is 40.3. The Kier molecular flexibility index (Phi) is 63.5. The molecule has 1 aliphatic rings. The highest BCUT2D eigenvalue weighted by Crippen LogP contribution is 2.31. The molecular formula is C105H133N11O2S10. The lowest BCUT2D eigenvalue weighted by molar-refractivity contribution is 0.601. The Bertz CT molecular complexity index is 4720. The predicted molar refractivity (Wildman–Crippen MR) is 579 cm³/mol. The van der Waals surface area contributed by atoms with Gasteiger partial charge in [0.2, 0.25) is 10.3 Å². The zero-order chi connectivity index (χ0) is 93.6.